The van der Waals surface area contributed by atoms with Gasteiger partial charge in [-0.2, -0.15) is 8.61 Å². The second-order valence-electron chi connectivity index (χ2n) is 13.3. The minimum absolute atomic E-state index is 0.132. The number of ether oxygens (including phenoxy) is 1. The molecular weight excluding hydrogens is 636 g/mol. The third kappa shape index (κ3) is 8.86. The van der Waals surface area contributed by atoms with Gasteiger partial charge in [0.2, 0.25) is 28.4 Å². The molecule has 0 unspecified atom stereocenters. The molecule has 0 bridgehead atoms. The summed E-state index contributed by atoms with van der Waals surface area (Å²) in [7, 11) is -9.54. The van der Waals surface area contributed by atoms with Crippen molar-refractivity contribution in [2.45, 2.75) is 102 Å². The van der Waals surface area contributed by atoms with Gasteiger partial charge in [0, 0.05) is 37.6 Å². The highest BCUT2D eigenvalue weighted by Gasteiger charge is 2.49. The predicted octanol–water partition coefficient (Wildman–Crippen LogP) is 7.16. The van der Waals surface area contributed by atoms with Crippen LogP contribution in [0.15, 0.2) is 53.4 Å². The SMILES string of the molecule is CC(C)CN(Cc1ccc(Cl)cc1)S(=O)(=O)c1ccc(O[C@H]2CCN(S(C)(=O)=O)C[C@@H]2O[Si](C(C)C)(C(C)C)C(C)C)cc1. The summed E-state index contributed by atoms with van der Waals surface area (Å²) >= 11 is 6.03. The number of halogens is 1. The number of rotatable bonds is 14. The van der Waals surface area contributed by atoms with E-state index < -0.39 is 34.5 Å². The van der Waals surface area contributed by atoms with Gasteiger partial charge >= 0.3 is 0 Å². The average molecular weight is 687 g/mol. The van der Waals surface area contributed by atoms with Crippen LogP contribution in [-0.2, 0) is 31.0 Å². The molecule has 0 radical (unpaired) electrons. The number of hydrogen-bond acceptors (Lipinski definition) is 6. The Hall–Kier alpha value is -1.47. The van der Waals surface area contributed by atoms with Crippen molar-refractivity contribution in [1.29, 1.82) is 0 Å². The van der Waals surface area contributed by atoms with Crippen molar-refractivity contribution in [1.82, 2.24) is 8.61 Å². The van der Waals surface area contributed by atoms with Crippen molar-refractivity contribution in [3.63, 3.8) is 0 Å². The zero-order chi connectivity index (χ0) is 33.0. The second-order valence-corrected chi connectivity index (χ2v) is 23.1. The number of sulfonamides is 2. The molecule has 2 atom stereocenters. The van der Waals surface area contributed by atoms with Gasteiger partial charge in [-0.05, 0) is 64.5 Å². The molecule has 3 rings (SSSR count). The molecule has 0 aliphatic carbocycles. The van der Waals surface area contributed by atoms with E-state index in [9.17, 15) is 16.8 Å². The number of hydrogen-bond donors (Lipinski definition) is 0. The molecule has 2 aromatic rings. The first-order valence-corrected chi connectivity index (χ1v) is 21.3. The highest BCUT2D eigenvalue weighted by atomic mass is 35.5. The van der Waals surface area contributed by atoms with Crippen molar-refractivity contribution < 1.29 is 26.0 Å². The maximum atomic E-state index is 13.8. The molecule has 0 aromatic heterocycles. The Kier molecular flexibility index (Phi) is 12.6. The van der Waals surface area contributed by atoms with Crippen molar-refractivity contribution in [2.75, 3.05) is 25.9 Å². The van der Waals surface area contributed by atoms with Gasteiger partial charge in [-0.1, -0.05) is 79.1 Å². The van der Waals surface area contributed by atoms with E-state index in [-0.39, 0.29) is 30.0 Å². The minimum Gasteiger partial charge on any atom is -0.488 e. The first-order valence-electron chi connectivity index (χ1n) is 15.5. The van der Waals surface area contributed by atoms with E-state index in [2.05, 4.69) is 41.5 Å². The quantitative estimate of drug-likeness (QED) is 0.196. The molecule has 248 valence electrons. The Morgan fingerprint density at radius 1 is 0.864 bits per heavy atom. The van der Waals surface area contributed by atoms with Gasteiger partial charge in [-0.25, -0.2) is 16.8 Å². The zero-order valence-corrected chi connectivity index (χ0v) is 31.0. The average Bonchev–Trinajstić information content (AvgIpc) is 2.92. The number of benzene rings is 2. The molecule has 2 aromatic carbocycles. The van der Waals surface area contributed by atoms with Crippen molar-refractivity contribution in [3.8, 4) is 5.75 Å². The van der Waals surface area contributed by atoms with E-state index in [1.807, 2.05) is 26.0 Å². The normalized spacial score (nSPS) is 19.1. The van der Waals surface area contributed by atoms with E-state index in [0.29, 0.717) is 46.9 Å². The van der Waals surface area contributed by atoms with Crippen LogP contribution < -0.4 is 4.74 Å². The molecule has 44 heavy (non-hydrogen) atoms. The summed E-state index contributed by atoms with van der Waals surface area (Å²) in [5.41, 5.74) is 1.82. The number of piperidine rings is 1. The fourth-order valence-electron chi connectivity index (χ4n) is 6.55. The van der Waals surface area contributed by atoms with Gasteiger partial charge in [0.25, 0.3) is 0 Å². The summed E-state index contributed by atoms with van der Waals surface area (Å²) in [5, 5.41) is 0.600. The van der Waals surface area contributed by atoms with Crippen LogP contribution in [0.25, 0.3) is 0 Å². The van der Waals surface area contributed by atoms with Gasteiger partial charge in [-0.15, -0.1) is 0 Å². The maximum Gasteiger partial charge on any atom is 0.243 e. The molecule has 0 spiro atoms. The first kappa shape index (κ1) is 37.0. The molecule has 1 aliphatic rings. The molecule has 1 fully saturated rings. The van der Waals surface area contributed by atoms with Crippen molar-refractivity contribution in [3.05, 3.63) is 59.1 Å². The van der Waals surface area contributed by atoms with Crippen LogP contribution in [0.4, 0.5) is 0 Å². The third-order valence-electron chi connectivity index (χ3n) is 8.58. The zero-order valence-electron chi connectivity index (χ0n) is 27.7. The van der Waals surface area contributed by atoms with Gasteiger partial charge < -0.3 is 9.16 Å². The topological polar surface area (TPSA) is 93.2 Å². The monoisotopic (exact) mass is 686 g/mol. The Bertz CT molecular complexity index is 1410. The number of nitrogens with zero attached hydrogens (tertiary/aromatic N) is 2. The van der Waals surface area contributed by atoms with E-state index in [1.165, 1.54) is 14.9 Å². The van der Waals surface area contributed by atoms with E-state index in [4.69, 9.17) is 20.8 Å². The predicted molar refractivity (Wildman–Crippen MR) is 182 cm³/mol. The Morgan fingerprint density at radius 3 is 1.89 bits per heavy atom. The Balaban J connectivity index is 1.88. The molecule has 1 saturated heterocycles. The summed E-state index contributed by atoms with van der Waals surface area (Å²) in [6, 6.07) is 13.7. The largest absolute Gasteiger partial charge is 0.488 e. The smallest absolute Gasteiger partial charge is 0.243 e. The van der Waals surface area contributed by atoms with Crippen LogP contribution in [0.1, 0.15) is 67.4 Å². The van der Waals surface area contributed by atoms with Crippen molar-refractivity contribution in [2.24, 2.45) is 5.92 Å². The van der Waals surface area contributed by atoms with Gasteiger partial charge in [0.15, 0.2) is 0 Å². The third-order valence-corrected chi connectivity index (χ3v) is 18.1. The second kappa shape index (κ2) is 15.0. The summed E-state index contributed by atoms with van der Waals surface area (Å²) in [5.74, 6) is 0.655. The molecule has 0 amide bonds. The van der Waals surface area contributed by atoms with Crippen LogP contribution in [0.2, 0.25) is 21.6 Å². The van der Waals surface area contributed by atoms with E-state index in [0.717, 1.165) is 5.56 Å². The maximum absolute atomic E-state index is 13.8. The first-order chi connectivity index (χ1) is 20.4. The highest BCUT2D eigenvalue weighted by Crippen LogP contribution is 2.44. The van der Waals surface area contributed by atoms with Gasteiger partial charge in [0.1, 0.15) is 11.9 Å². The van der Waals surface area contributed by atoms with Crippen LogP contribution in [0.3, 0.4) is 0 Å². The fraction of sp³-hybridized carbons (Fsp3) is 0.625. The van der Waals surface area contributed by atoms with E-state index in [1.54, 1.807) is 36.4 Å². The fourth-order valence-corrected chi connectivity index (χ4v) is 14.7. The lowest BCUT2D eigenvalue weighted by molar-refractivity contribution is 0.000907. The van der Waals surface area contributed by atoms with Gasteiger partial charge in [0.05, 0.1) is 17.3 Å². The van der Waals surface area contributed by atoms with Crippen molar-refractivity contribution >= 4 is 40.0 Å². The summed E-state index contributed by atoms with van der Waals surface area (Å²) < 4.78 is 69.1. The summed E-state index contributed by atoms with van der Waals surface area (Å²) in [6.45, 7) is 18.4. The lowest BCUT2D eigenvalue weighted by Gasteiger charge is -2.48. The van der Waals surface area contributed by atoms with E-state index >= 15 is 0 Å². The lowest BCUT2D eigenvalue weighted by Crippen LogP contribution is -2.59. The molecule has 8 nitrogen and oxygen atoms in total. The molecule has 12 heteroatoms. The van der Waals surface area contributed by atoms with Crippen LogP contribution in [0.5, 0.6) is 5.75 Å². The van der Waals surface area contributed by atoms with Crippen LogP contribution >= 0.6 is 11.6 Å². The molecule has 0 N–H and O–H groups in total. The minimum atomic E-state index is -3.79. The van der Waals surface area contributed by atoms with Gasteiger partial charge in [-0.3, -0.25) is 0 Å². The molecule has 1 aliphatic heterocycles. The molecule has 1 heterocycles. The van der Waals surface area contributed by atoms with Crippen LogP contribution in [-0.4, -0.2) is 71.9 Å². The highest BCUT2D eigenvalue weighted by molar-refractivity contribution is 7.89. The Labute approximate surface area is 272 Å². The standard InChI is InChI=1S/C32H51ClN2O6S2Si/c1-23(2)20-35(21-27-10-12-28(33)13-11-27)43(38,39)30-16-14-29(15-17-30)40-31-18-19-34(42(9,36)37)22-32(31)41-44(24(3)4,25(5)6)26(7)8/h10-17,23-26,31-32H,18-22H2,1-9H3/t31-,32-/m0/s1. The summed E-state index contributed by atoms with van der Waals surface area (Å²) in [4.78, 5) is 0.185. The Morgan fingerprint density at radius 2 is 1.41 bits per heavy atom. The molecular formula is C32H51ClN2O6S2Si. The molecule has 0 saturated carbocycles. The lowest BCUT2D eigenvalue weighted by atomic mass is 10.1. The summed E-state index contributed by atoms with van der Waals surface area (Å²) in [6.07, 6.45) is 0.889. The van der Waals surface area contributed by atoms with Crippen LogP contribution in [0, 0.1) is 5.92 Å².